The second-order valence-electron chi connectivity index (χ2n) is 7.80. The number of nitrogens with one attached hydrogen (secondary N) is 2. The molecule has 0 spiro atoms. The molecule has 0 amide bonds. The molecule has 0 aliphatic carbocycles. The van der Waals surface area contributed by atoms with Crippen LogP contribution in [-0.4, -0.2) is 37.2 Å². The molecule has 1 aliphatic heterocycles. The lowest BCUT2D eigenvalue weighted by Crippen LogP contribution is -2.39. The normalized spacial score (nSPS) is 19.1. The number of halogens is 1. The Bertz CT molecular complexity index is 794. The Labute approximate surface area is 198 Å². The van der Waals surface area contributed by atoms with Crippen molar-refractivity contribution in [1.29, 1.82) is 0 Å². The molecule has 1 aliphatic rings. The van der Waals surface area contributed by atoms with Crippen LogP contribution in [-0.2, 0) is 11.2 Å². The predicted octanol–water partition coefficient (Wildman–Crippen LogP) is 4.58. The van der Waals surface area contributed by atoms with Crippen LogP contribution in [0, 0.1) is 19.8 Å². The summed E-state index contributed by atoms with van der Waals surface area (Å²) in [7, 11) is 0. The summed E-state index contributed by atoms with van der Waals surface area (Å²) in [4.78, 5) is 9.05. The third-order valence-corrected chi connectivity index (χ3v) is 5.50. The van der Waals surface area contributed by atoms with E-state index < -0.39 is 0 Å². The minimum Gasteiger partial charge on any atom is -0.373 e. The van der Waals surface area contributed by atoms with E-state index in [2.05, 4.69) is 66.7 Å². The van der Waals surface area contributed by atoms with Gasteiger partial charge in [0.05, 0.1) is 6.10 Å². The number of hydrogen-bond donors (Lipinski definition) is 2. The summed E-state index contributed by atoms with van der Waals surface area (Å²) >= 11 is 0. The molecule has 164 valence electrons. The van der Waals surface area contributed by atoms with Gasteiger partial charge in [0.1, 0.15) is 0 Å². The molecular weight excluding hydrogens is 487 g/mol. The van der Waals surface area contributed by atoms with Crippen LogP contribution >= 0.6 is 24.0 Å². The first-order chi connectivity index (χ1) is 14.2. The molecule has 0 saturated carbocycles. The highest BCUT2D eigenvalue weighted by atomic mass is 127. The molecule has 2 atom stereocenters. The zero-order valence-electron chi connectivity index (χ0n) is 18.4. The number of rotatable bonds is 7. The van der Waals surface area contributed by atoms with Gasteiger partial charge in [-0.2, -0.15) is 0 Å². The Morgan fingerprint density at radius 2 is 1.97 bits per heavy atom. The minimum absolute atomic E-state index is 0. The van der Waals surface area contributed by atoms with Crippen LogP contribution in [0.3, 0.4) is 0 Å². The van der Waals surface area contributed by atoms with E-state index in [0.29, 0.717) is 5.92 Å². The summed E-state index contributed by atoms with van der Waals surface area (Å²) in [5.41, 5.74) is 5.10. The quantitative estimate of drug-likeness (QED) is 0.318. The van der Waals surface area contributed by atoms with Crippen molar-refractivity contribution >= 4 is 29.9 Å². The van der Waals surface area contributed by atoms with E-state index in [1.807, 2.05) is 12.4 Å². The number of hydrogen-bond acceptors (Lipinski definition) is 3. The lowest BCUT2D eigenvalue weighted by atomic mass is 9.89. The number of guanidine groups is 1. The maximum atomic E-state index is 6.14. The molecular formula is C24H35IN4O. The standard InChI is InChI=1S/C24H34N4O.HI/c1-4-26-24(27-14-12-20-11-13-25-16-19(20)3)28-17-22-6-5-15-29-23(22)21-9-7-18(2)8-10-21;/h7-11,13,16,22-23H,4-6,12,14-15,17H2,1-3H3,(H2,26,27,28);1H. The van der Waals surface area contributed by atoms with Gasteiger partial charge in [0.2, 0.25) is 0 Å². The van der Waals surface area contributed by atoms with E-state index in [9.17, 15) is 0 Å². The summed E-state index contributed by atoms with van der Waals surface area (Å²) in [5, 5.41) is 6.85. The lowest BCUT2D eigenvalue weighted by Gasteiger charge is -2.31. The zero-order valence-corrected chi connectivity index (χ0v) is 20.7. The third kappa shape index (κ3) is 7.23. The number of aliphatic imine (C=N–C) groups is 1. The fourth-order valence-corrected chi connectivity index (χ4v) is 3.80. The molecule has 5 nitrogen and oxygen atoms in total. The van der Waals surface area contributed by atoms with Gasteiger partial charge in [-0.3, -0.25) is 9.98 Å². The smallest absolute Gasteiger partial charge is 0.191 e. The first-order valence-corrected chi connectivity index (χ1v) is 10.8. The first kappa shape index (κ1) is 24.6. The van der Waals surface area contributed by atoms with Crippen molar-refractivity contribution in [1.82, 2.24) is 15.6 Å². The topological polar surface area (TPSA) is 58.5 Å². The van der Waals surface area contributed by atoms with Crippen molar-refractivity contribution < 1.29 is 4.74 Å². The second kappa shape index (κ2) is 12.9. The number of ether oxygens (including phenoxy) is 1. The number of benzene rings is 1. The van der Waals surface area contributed by atoms with Crippen LogP contribution in [0.5, 0.6) is 0 Å². The predicted molar refractivity (Wildman–Crippen MR) is 135 cm³/mol. The molecule has 2 heterocycles. The average molecular weight is 522 g/mol. The molecule has 0 radical (unpaired) electrons. The van der Waals surface area contributed by atoms with Crippen LogP contribution < -0.4 is 10.6 Å². The van der Waals surface area contributed by atoms with Crippen LogP contribution in [0.15, 0.2) is 47.7 Å². The van der Waals surface area contributed by atoms with E-state index >= 15 is 0 Å². The molecule has 1 aromatic heterocycles. The van der Waals surface area contributed by atoms with Crippen molar-refractivity contribution in [3.05, 3.63) is 65.0 Å². The highest BCUT2D eigenvalue weighted by molar-refractivity contribution is 14.0. The van der Waals surface area contributed by atoms with Gasteiger partial charge in [-0.15, -0.1) is 24.0 Å². The Hall–Kier alpha value is -1.67. The molecule has 1 fully saturated rings. The van der Waals surface area contributed by atoms with Crippen molar-refractivity contribution in [2.45, 2.75) is 46.1 Å². The molecule has 1 aromatic carbocycles. The SMILES string of the molecule is CCNC(=NCC1CCCOC1c1ccc(C)cc1)NCCc1ccncc1C.I. The molecule has 3 rings (SSSR count). The monoisotopic (exact) mass is 522 g/mol. The summed E-state index contributed by atoms with van der Waals surface area (Å²) in [6.45, 7) is 9.63. The van der Waals surface area contributed by atoms with E-state index in [1.54, 1.807) is 0 Å². The Morgan fingerprint density at radius 3 is 2.70 bits per heavy atom. The molecule has 2 N–H and O–H groups in total. The van der Waals surface area contributed by atoms with Crippen molar-refractivity contribution in [3.8, 4) is 0 Å². The third-order valence-electron chi connectivity index (χ3n) is 5.50. The highest BCUT2D eigenvalue weighted by Gasteiger charge is 2.27. The van der Waals surface area contributed by atoms with E-state index in [1.165, 1.54) is 22.3 Å². The fourth-order valence-electron chi connectivity index (χ4n) is 3.80. The van der Waals surface area contributed by atoms with E-state index in [4.69, 9.17) is 9.73 Å². The molecule has 2 aromatic rings. The van der Waals surface area contributed by atoms with Crippen molar-refractivity contribution in [2.24, 2.45) is 10.9 Å². The number of pyridine rings is 1. The van der Waals surface area contributed by atoms with Gasteiger partial charge < -0.3 is 15.4 Å². The highest BCUT2D eigenvalue weighted by Crippen LogP contribution is 2.33. The molecule has 0 bridgehead atoms. The summed E-state index contributed by atoms with van der Waals surface area (Å²) in [5.74, 6) is 1.29. The number of aromatic nitrogens is 1. The number of aryl methyl sites for hydroxylation is 2. The van der Waals surface area contributed by atoms with Gasteiger partial charge in [0.15, 0.2) is 5.96 Å². The van der Waals surface area contributed by atoms with Crippen LogP contribution in [0.4, 0.5) is 0 Å². The van der Waals surface area contributed by atoms with Gasteiger partial charge in [-0.1, -0.05) is 29.8 Å². The van der Waals surface area contributed by atoms with Gasteiger partial charge in [0, 0.05) is 44.6 Å². The number of nitrogens with zero attached hydrogens (tertiary/aromatic N) is 2. The fraction of sp³-hybridized carbons (Fsp3) is 0.500. The molecule has 1 saturated heterocycles. The van der Waals surface area contributed by atoms with Crippen molar-refractivity contribution in [3.63, 3.8) is 0 Å². The maximum Gasteiger partial charge on any atom is 0.191 e. The largest absolute Gasteiger partial charge is 0.373 e. The van der Waals surface area contributed by atoms with E-state index in [-0.39, 0.29) is 30.1 Å². The van der Waals surface area contributed by atoms with E-state index in [0.717, 1.165) is 51.5 Å². The minimum atomic E-state index is 0. The summed E-state index contributed by atoms with van der Waals surface area (Å²) in [6, 6.07) is 10.8. The molecule has 30 heavy (non-hydrogen) atoms. The van der Waals surface area contributed by atoms with Crippen LogP contribution in [0.2, 0.25) is 0 Å². The van der Waals surface area contributed by atoms with Gasteiger partial charge in [0.25, 0.3) is 0 Å². The summed E-state index contributed by atoms with van der Waals surface area (Å²) < 4.78 is 6.14. The summed E-state index contributed by atoms with van der Waals surface area (Å²) in [6.07, 6.45) is 7.12. The second-order valence-corrected chi connectivity index (χ2v) is 7.80. The Kier molecular flexibility index (Phi) is 10.6. The van der Waals surface area contributed by atoms with Crippen LogP contribution in [0.25, 0.3) is 0 Å². The lowest BCUT2D eigenvalue weighted by molar-refractivity contribution is -0.0250. The average Bonchev–Trinajstić information content (AvgIpc) is 2.74. The maximum absolute atomic E-state index is 6.14. The van der Waals surface area contributed by atoms with Gasteiger partial charge in [-0.05, 0) is 62.8 Å². The first-order valence-electron chi connectivity index (χ1n) is 10.8. The van der Waals surface area contributed by atoms with Crippen molar-refractivity contribution in [2.75, 3.05) is 26.2 Å². The molecule has 6 heteroatoms. The molecule has 2 unspecified atom stereocenters. The van der Waals surface area contributed by atoms with Gasteiger partial charge in [-0.25, -0.2) is 0 Å². The Balaban J connectivity index is 0.00000320. The Morgan fingerprint density at radius 1 is 1.17 bits per heavy atom. The van der Waals surface area contributed by atoms with Crippen LogP contribution in [0.1, 0.15) is 48.1 Å². The van der Waals surface area contributed by atoms with Gasteiger partial charge >= 0.3 is 0 Å². The zero-order chi connectivity index (χ0) is 20.5.